The van der Waals surface area contributed by atoms with Crippen LogP contribution in [0, 0.1) is 0 Å². The van der Waals surface area contributed by atoms with Crippen LogP contribution in [0.15, 0.2) is 42.5 Å². The molecule has 3 rings (SSSR count). The number of fused-ring (bicyclic) bond motifs is 1. The third-order valence-electron chi connectivity index (χ3n) is 3.88. The molecule has 0 aromatic heterocycles. The average molecular weight is 266 g/mol. The number of hydrogen-bond acceptors (Lipinski definition) is 2. The molecule has 1 aliphatic rings. The monoisotopic (exact) mass is 266 g/mol. The van der Waals surface area contributed by atoms with E-state index < -0.39 is 0 Å². The van der Waals surface area contributed by atoms with Crippen molar-refractivity contribution in [3.8, 4) is 0 Å². The molecule has 0 fully saturated rings. The zero-order valence-electron chi connectivity index (χ0n) is 11.6. The molecule has 20 heavy (non-hydrogen) atoms. The largest absolute Gasteiger partial charge is 0.399 e. The quantitative estimate of drug-likeness (QED) is 0.850. The number of rotatable bonds is 2. The lowest BCUT2D eigenvalue weighted by molar-refractivity contribution is -0.118. The number of benzene rings is 2. The predicted octanol–water partition coefficient (Wildman–Crippen LogP) is 2.77. The molecule has 1 amide bonds. The normalized spacial score (nSPS) is 14.2. The van der Waals surface area contributed by atoms with Crippen LogP contribution < -0.4 is 10.6 Å². The highest BCUT2D eigenvalue weighted by atomic mass is 16.2. The lowest BCUT2D eigenvalue weighted by Crippen LogP contribution is -2.31. The Morgan fingerprint density at radius 3 is 2.50 bits per heavy atom. The highest BCUT2D eigenvalue weighted by Crippen LogP contribution is 2.28. The maximum absolute atomic E-state index is 11.7. The molecule has 1 aliphatic heterocycles. The lowest BCUT2D eigenvalue weighted by atomic mass is 9.96. The van der Waals surface area contributed by atoms with E-state index in [0.29, 0.717) is 6.42 Å². The molecule has 0 unspecified atom stereocenters. The standard InChI is InChI=1S/C17H18N2O/c1-19-16-8-4-13(11-14(16)5-9-17(19)20)10-12-2-6-15(18)7-3-12/h2-4,6-8,11H,5,9-10,18H2,1H3. The van der Waals surface area contributed by atoms with E-state index in [1.54, 1.807) is 4.90 Å². The van der Waals surface area contributed by atoms with Gasteiger partial charge in [-0.15, -0.1) is 0 Å². The van der Waals surface area contributed by atoms with Gasteiger partial charge in [-0.05, 0) is 47.7 Å². The summed E-state index contributed by atoms with van der Waals surface area (Å²) in [5, 5.41) is 0. The fraction of sp³-hybridized carbons (Fsp3) is 0.235. The van der Waals surface area contributed by atoms with Crippen molar-refractivity contribution in [3.63, 3.8) is 0 Å². The molecular weight excluding hydrogens is 248 g/mol. The summed E-state index contributed by atoms with van der Waals surface area (Å²) in [5.41, 5.74) is 11.3. The van der Waals surface area contributed by atoms with Gasteiger partial charge in [-0.2, -0.15) is 0 Å². The minimum Gasteiger partial charge on any atom is -0.399 e. The number of nitrogens with two attached hydrogens (primary N) is 1. The summed E-state index contributed by atoms with van der Waals surface area (Å²) in [7, 11) is 1.85. The third kappa shape index (κ3) is 2.39. The van der Waals surface area contributed by atoms with Crippen molar-refractivity contribution < 1.29 is 4.79 Å². The van der Waals surface area contributed by atoms with Crippen molar-refractivity contribution >= 4 is 17.3 Å². The Hall–Kier alpha value is -2.29. The van der Waals surface area contributed by atoms with Gasteiger partial charge in [-0.1, -0.05) is 24.3 Å². The van der Waals surface area contributed by atoms with Gasteiger partial charge in [-0.3, -0.25) is 4.79 Å². The van der Waals surface area contributed by atoms with E-state index in [1.165, 1.54) is 16.7 Å². The number of carbonyl (C=O) groups excluding carboxylic acids is 1. The van der Waals surface area contributed by atoms with E-state index in [0.717, 1.165) is 24.2 Å². The van der Waals surface area contributed by atoms with Crippen molar-refractivity contribution in [3.05, 3.63) is 59.2 Å². The summed E-state index contributed by atoms with van der Waals surface area (Å²) in [4.78, 5) is 13.4. The Morgan fingerprint density at radius 1 is 1.05 bits per heavy atom. The molecule has 3 heteroatoms. The van der Waals surface area contributed by atoms with Crippen molar-refractivity contribution in [2.45, 2.75) is 19.3 Å². The van der Waals surface area contributed by atoms with Crippen molar-refractivity contribution in [1.82, 2.24) is 0 Å². The first-order valence-electron chi connectivity index (χ1n) is 6.86. The zero-order valence-corrected chi connectivity index (χ0v) is 11.6. The molecule has 0 spiro atoms. The van der Waals surface area contributed by atoms with Gasteiger partial charge in [0.1, 0.15) is 0 Å². The fourth-order valence-corrected chi connectivity index (χ4v) is 2.69. The molecule has 0 radical (unpaired) electrons. The van der Waals surface area contributed by atoms with Crippen LogP contribution in [0.1, 0.15) is 23.1 Å². The first kappa shape index (κ1) is 12.7. The van der Waals surface area contributed by atoms with Gasteiger partial charge in [0, 0.05) is 24.8 Å². The molecular formula is C17H18N2O. The van der Waals surface area contributed by atoms with E-state index in [4.69, 9.17) is 5.73 Å². The molecule has 102 valence electrons. The predicted molar refractivity (Wildman–Crippen MR) is 81.8 cm³/mol. The topological polar surface area (TPSA) is 46.3 Å². The van der Waals surface area contributed by atoms with Crippen LogP contribution in [0.2, 0.25) is 0 Å². The van der Waals surface area contributed by atoms with Crippen molar-refractivity contribution in [2.24, 2.45) is 0 Å². The van der Waals surface area contributed by atoms with E-state index in [-0.39, 0.29) is 5.91 Å². The molecule has 2 N–H and O–H groups in total. The summed E-state index contributed by atoms with van der Waals surface area (Å²) in [6, 6.07) is 14.4. The molecule has 1 heterocycles. The second kappa shape index (κ2) is 5.00. The van der Waals surface area contributed by atoms with Gasteiger partial charge in [0.25, 0.3) is 0 Å². The van der Waals surface area contributed by atoms with Crippen LogP contribution in [0.25, 0.3) is 0 Å². The van der Waals surface area contributed by atoms with Crippen LogP contribution >= 0.6 is 0 Å². The van der Waals surface area contributed by atoms with Gasteiger partial charge in [0.05, 0.1) is 0 Å². The first-order chi connectivity index (χ1) is 9.63. The smallest absolute Gasteiger partial charge is 0.227 e. The van der Waals surface area contributed by atoms with Crippen molar-refractivity contribution in [1.29, 1.82) is 0 Å². The minimum absolute atomic E-state index is 0.198. The van der Waals surface area contributed by atoms with Crippen LogP contribution in [0.3, 0.4) is 0 Å². The molecule has 0 saturated heterocycles. The maximum Gasteiger partial charge on any atom is 0.227 e. The summed E-state index contributed by atoms with van der Waals surface area (Å²) >= 11 is 0. The van der Waals surface area contributed by atoms with E-state index in [2.05, 4.69) is 30.3 Å². The summed E-state index contributed by atoms with van der Waals surface area (Å²) in [6.07, 6.45) is 2.34. The van der Waals surface area contributed by atoms with Crippen LogP contribution in [-0.2, 0) is 17.6 Å². The highest BCUT2D eigenvalue weighted by molar-refractivity contribution is 5.95. The second-order valence-electron chi connectivity index (χ2n) is 5.33. The second-order valence-corrected chi connectivity index (χ2v) is 5.33. The lowest BCUT2D eigenvalue weighted by Gasteiger charge is -2.26. The van der Waals surface area contributed by atoms with Crippen molar-refractivity contribution in [2.75, 3.05) is 17.7 Å². The van der Waals surface area contributed by atoms with Gasteiger partial charge in [0.15, 0.2) is 0 Å². The van der Waals surface area contributed by atoms with E-state index in [1.807, 2.05) is 19.2 Å². The molecule has 0 bridgehead atoms. The Balaban J connectivity index is 1.86. The van der Waals surface area contributed by atoms with Crippen LogP contribution in [-0.4, -0.2) is 13.0 Å². The highest BCUT2D eigenvalue weighted by Gasteiger charge is 2.20. The first-order valence-corrected chi connectivity index (χ1v) is 6.86. The van der Waals surface area contributed by atoms with E-state index >= 15 is 0 Å². The average Bonchev–Trinajstić information content (AvgIpc) is 2.46. The number of amides is 1. The Bertz CT molecular complexity index is 647. The number of nitrogen functional groups attached to an aromatic ring is 1. The number of aryl methyl sites for hydroxylation is 1. The molecule has 2 aromatic rings. The Morgan fingerprint density at radius 2 is 1.75 bits per heavy atom. The van der Waals surface area contributed by atoms with Crippen LogP contribution in [0.5, 0.6) is 0 Å². The third-order valence-corrected chi connectivity index (χ3v) is 3.88. The molecule has 2 aromatic carbocycles. The number of carbonyl (C=O) groups is 1. The molecule has 3 nitrogen and oxygen atoms in total. The molecule has 0 atom stereocenters. The molecule has 0 saturated carbocycles. The molecule has 0 aliphatic carbocycles. The van der Waals surface area contributed by atoms with E-state index in [9.17, 15) is 4.79 Å². The summed E-state index contributed by atoms with van der Waals surface area (Å²) in [6.45, 7) is 0. The summed E-state index contributed by atoms with van der Waals surface area (Å²) in [5.74, 6) is 0.198. The number of anilines is 2. The van der Waals surface area contributed by atoms with Gasteiger partial charge in [0.2, 0.25) is 5.91 Å². The van der Waals surface area contributed by atoms with Crippen LogP contribution in [0.4, 0.5) is 11.4 Å². The Kier molecular flexibility index (Phi) is 3.18. The van der Waals surface area contributed by atoms with Gasteiger partial charge in [-0.25, -0.2) is 0 Å². The fourth-order valence-electron chi connectivity index (χ4n) is 2.69. The number of hydrogen-bond donors (Lipinski definition) is 1. The zero-order chi connectivity index (χ0) is 14.1. The Labute approximate surface area is 119 Å². The SMILES string of the molecule is CN1C(=O)CCc2cc(Cc3ccc(N)cc3)ccc21. The minimum atomic E-state index is 0.198. The summed E-state index contributed by atoms with van der Waals surface area (Å²) < 4.78 is 0. The maximum atomic E-state index is 11.7. The van der Waals surface area contributed by atoms with Gasteiger partial charge < -0.3 is 10.6 Å². The van der Waals surface area contributed by atoms with Gasteiger partial charge >= 0.3 is 0 Å². The number of nitrogens with zero attached hydrogens (tertiary/aromatic N) is 1.